The molecule has 80 heavy (non-hydrogen) atoms. The summed E-state index contributed by atoms with van der Waals surface area (Å²) in [6.45, 7) is 26.8. The number of anilines is 6. The van der Waals surface area contributed by atoms with E-state index in [9.17, 15) is 0 Å². The third kappa shape index (κ3) is 6.96. The lowest BCUT2D eigenvalue weighted by Gasteiger charge is -2.49. The summed E-state index contributed by atoms with van der Waals surface area (Å²) in [5.74, 6) is 0.473. The van der Waals surface area contributed by atoms with Gasteiger partial charge in [-0.05, 0) is 162 Å². The molecule has 0 radical (unpaired) electrons. The molecule has 3 aliphatic carbocycles. The maximum Gasteiger partial charge on any atom is 0.254 e. The van der Waals surface area contributed by atoms with Gasteiger partial charge in [0, 0.05) is 70.4 Å². The van der Waals surface area contributed by atoms with E-state index in [0.717, 1.165) is 0 Å². The maximum absolute atomic E-state index is 2.78. The summed E-state index contributed by atoms with van der Waals surface area (Å²) in [7, 11) is 0. The molecule has 9 aromatic carbocycles. The number of thiophene rings is 1. The van der Waals surface area contributed by atoms with E-state index >= 15 is 0 Å². The summed E-state index contributed by atoms with van der Waals surface area (Å²) in [6.07, 6.45) is 6.28. The fourth-order valence-electron chi connectivity index (χ4n) is 16.1. The number of hydrogen-bond donors (Lipinski definition) is 0. The van der Waals surface area contributed by atoms with E-state index in [4.69, 9.17) is 0 Å². The average Bonchev–Trinajstić information content (AvgIpc) is 3.98. The molecule has 396 valence electrons. The molecular formula is C76H73BN2S. The molecule has 0 bridgehead atoms. The maximum atomic E-state index is 2.78. The quantitative estimate of drug-likeness (QED) is 0.162. The lowest BCUT2D eigenvalue weighted by Crippen LogP contribution is -2.62. The van der Waals surface area contributed by atoms with Gasteiger partial charge in [0.05, 0.1) is 5.69 Å². The van der Waals surface area contributed by atoms with Gasteiger partial charge in [-0.2, -0.15) is 0 Å². The highest BCUT2D eigenvalue weighted by atomic mass is 32.1. The van der Waals surface area contributed by atoms with Crippen molar-refractivity contribution in [3.05, 3.63) is 232 Å². The molecule has 3 heterocycles. The first-order chi connectivity index (χ1) is 38.3. The number of rotatable bonds is 4. The van der Waals surface area contributed by atoms with E-state index in [-0.39, 0.29) is 33.8 Å². The molecule has 5 aliphatic rings. The van der Waals surface area contributed by atoms with Crippen molar-refractivity contribution in [2.45, 2.75) is 141 Å². The second-order valence-electron chi connectivity index (χ2n) is 27.5. The molecule has 10 aromatic rings. The van der Waals surface area contributed by atoms with Crippen LogP contribution in [0.5, 0.6) is 0 Å². The monoisotopic (exact) mass is 1060 g/mol. The van der Waals surface area contributed by atoms with Crippen molar-refractivity contribution in [3.63, 3.8) is 0 Å². The highest BCUT2D eigenvalue weighted by molar-refractivity contribution is 7.28. The highest BCUT2D eigenvalue weighted by Gasteiger charge is 2.50. The molecule has 0 spiro atoms. The fraction of sp³-hybridized carbons (Fsp3) is 0.289. The smallest absolute Gasteiger partial charge is 0.254 e. The number of fused-ring (bicyclic) bond motifs is 12. The number of nitrogens with zero attached hydrogens (tertiary/aromatic N) is 2. The van der Waals surface area contributed by atoms with Gasteiger partial charge >= 0.3 is 0 Å². The van der Waals surface area contributed by atoms with Crippen molar-refractivity contribution in [1.82, 2.24) is 0 Å². The van der Waals surface area contributed by atoms with Crippen LogP contribution in [0, 0.1) is 0 Å². The first-order valence-corrected chi connectivity index (χ1v) is 30.6. The van der Waals surface area contributed by atoms with Crippen molar-refractivity contribution in [1.29, 1.82) is 0 Å². The van der Waals surface area contributed by atoms with Gasteiger partial charge in [-0.1, -0.05) is 217 Å². The largest absolute Gasteiger partial charge is 0.311 e. The van der Waals surface area contributed by atoms with Crippen molar-refractivity contribution in [3.8, 4) is 11.1 Å². The van der Waals surface area contributed by atoms with Crippen LogP contribution in [0.25, 0.3) is 31.3 Å². The van der Waals surface area contributed by atoms with E-state index < -0.39 is 0 Å². The number of hydrogen-bond acceptors (Lipinski definition) is 3. The topological polar surface area (TPSA) is 6.48 Å². The lowest BCUT2D eigenvalue weighted by atomic mass is 9.33. The van der Waals surface area contributed by atoms with Gasteiger partial charge < -0.3 is 9.80 Å². The van der Waals surface area contributed by atoms with Crippen LogP contribution in [0.3, 0.4) is 0 Å². The van der Waals surface area contributed by atoms with Crippen LogP contribution in [0.1, 0.15) is 170 Å². The van der Waals surface area contributed by atoms with Crippen LogP contribution in [0.4, 0.5) is 34.1 Å². The van der Waals surface area contributed by atoms with Crippen molar-refractivity contribution >= 4 is 88.7 Å². The first-order valence-electron chi connectivity index (χ1n) is 29.8. The zero-order valence-electron chi connectivity index (χ0n) is 48.7. The van der Waals surface area contributed by atoms with Crippen LogP contribution in [0.2, 0.25) is 0 Å². The Morgan fingerprint density at radius 1 is 0.438 bits per heavy atom. The molecule has 2 nitrogen and oxygen atoms in total. The minimum absolute atomic E-state index is 0.0214. The summed E-state index contributed by atoms with van der Waals surface area (Å²) in [5, 5.41) is 2.71. The molecule has 0 amide bonds. The Kier molecular flexibility index (Phi) is 10.7. The minimum atomic E-state index is -0.241. The molecule has 1 aromatic heterocycles. The van der Waals surface area contributed by atoms with Crippen LogP contribution in [-0.4, -0.2) is 6.71 Å². The summed E-state index contributed by atoms with van der Waals surface area (Å²) < 4.78 is 2.74. The summed E-state index contributed by atoms with van der Waals surface area (Å²) in [5.41, 5.74) is 27.8. The fourth-order valence-corrected chi connectivity index (χ4v) is 17.3. The molecule has 0 N–H and O–H groups in total. The molecule has 0 unspecified atom stereocenters. The van der Waals surface area contributed by atoms with Crippen LogP contribution < -0.4 is 26.2 Å². The molecule has 0 saturated heterocycles. The van der Waals surface area contributed by atoms with Crippen molar-refractivity contribution in [2.24, 2.45) is 0 Å². The van der Waals surface area contributed by atoms with E-state index in [1.54, 1.807) is 0 Å². The number of para-hydroxylation sites is 1. The van der Waals surface area contributed by atoms with Gasteiger partial charge in [-0.15, -0.1) is 11.3 Å². The first kappa shape index (κ1) is 49.9. The predicted octanol–water partition coefficient (Wildman–Crippen LogP) is 19.1. The summed E-state index contributed by atoms with van der Waals surface area (Å²) in [4.78, 5) is 5.50. The van der Waals surface area contributed by atoms with E-state index in [0.29, 0.717) is 5.92 Å². The molecule has 2 aliphatic heterocycles. The second-order valence-corrected chi connectivity index (χ2v) is 28.6. The Labute approximate surface area is 479 Å². The van der Waals surface area contributed by atoms with Crippen molar-refractivity contribution in [2.75, 3.05) is 9.80 Å². The van der Waals surface area contributed by atoms with Gasteiger partial charge in [0.2, 0.25) is 0 Å². The Morgan fingerprint density at radius 3 is 1.65 bits per heavy atom. The van der Waals surface area contributed by atoms with Gasteiger partial charge in [0.1, 0.15) is 0 Å². The van der Waals surface area contributed by atoms with Gasteiger partial charge in [0.25, 0.3) is 6.71 Å². The van der Waals surface area contributed by atoms with Crippen LogP contribution >= 0.6 is 11.3 Å². The highest BCUT2D eigenvalue weighted by Crippen LogP contribution is 2.56. The van der Waals surface area contributed by atoms with E-state index in [1.165, 1.54) is 170 Å². The number of benzene rings is 9. The molecular weight excluding hydrogens is 984 g/mol. The van der Waals surface area contributed by atoms with Crippen molar-refractivity contribution < 1.29 is 0 Å². The second kappa shape index (κ2) is 17.2. The zero-order valence-corrected chi connectivity index (χ0v) is 49.6. The Balaban J connectivity index is 1.10. The lowest BCUT2D eigenvalue weighted by molar-refractivity contribution is 0.444. The normalized spacial score (nSPS) is 18.0. The minimum Gasteiger partial charge on any atom is -0.311 e. The molecule has 15 rings (SSSR count). The Hall–Kier alpha value is -7.14. The third-order valence-electron chi connectivity index (χ3n) is 20.5. The van der Waals surface area contributed by atoms with E-state index in [1.807, 2.05) is 11.3 Å². The Bertz CT molecular complexity index is 4230. The van der Waals surface area contributed by atoms with Crippen LogP contribution in [0.15, 0.2) is 176 Å². The Morgan fingerprint density at radius 2 is 1.00 bits per heavy atom. The summed E-state index contributed by atoms with van der Waals surface area (Å²) in [6, 6.07) is 69.7. The van der Waals surface area contributed by atoms with Gasteiger partial charge in [0.15, 0.2) is 0 Å². The molecule has 4 heteroatoms. The molecule has 0 atom stereocenters. The third-order valence-corrected chi connectivity index (χ3v) is 21.7. The summed E-state index contributed by atoms with van der Waals surface area (Å²) >= 11 is 2.00. The average molecular weight is 1060 g/mol. The van der Waals surface area contributed by atoms with E-state index in [2.05, 4.69) is 262 Å². The van der Waals surface area contributed by atoms with Crippen LogP contribution in [-0.2, 0) is 27.1 Å². The van der Waals surface area contributed by atoms with Gasteiger partial charge in [-0.25, -0.2) is 0 Å². The SMILES string of the molecule is CC(C)(C)c1ccc2sc3c4c(ccc3c2c1)N(c1ccccc1-c1ccccc1)c1cc(C2CCCCC2)cc2c1B4c1cc3c(cc1N2c1ccc2c(c1)C(C)(C)c1ccccc1C2(C)C)C(C)(C)c1ccccc1C3(C)C. The zero-order chi connectivity index (χ0) is 55.0. The van der Waals surface area contributed by atoms with Gasteiger partial charge in [-0.3, -0.25) is 0 Å². The predicted molar refractivity (Wildman–Crippen MR) is 345 cm³/mol. The molecule has 1 saturated carbocycles. The standard InChI is InChI=1S/C76H73BN2S/c1-72(2,3)49-34-39-68-53(42-49)52-36-38-64-70(71(52)80-68)77-62-44-60-61(76(10,11)57-32-22-21-31-56(57)75(60,8)9)45-65(62)78(50-35-37-58-59(43-50)74(6,7)55-30-20-19-29-54(55)73(58,4)5)66-40-48(46-24-14-12-15-25-46)41-67(69(66)77)79(64)63-33-23-18-28-51(63)47-26-16-13-17-27-47/h13,16-23,26-46H,12,14-15,24-25H2,1-11H3. The molecule has 1 fully saturated rings.